The van der Waals surface area contributed by atoms with Gasteiger partial charge < -0.3 is 14.2 Å². The predicted octanol–water partition coefficient (Wildman–Crippen LogP) is 1.86. The Labute approximate surface area is 100 Å². The second-order valence-electron chi connectivity index (χ2n) is 3.07. The quantitative estimate of drug-likeness (QED) is 0.518. The molecule has 1 rings (SSSR count). The van der Waals surface area contributed by atoms with Crippen molar-refractivity contribution >= 4 is 11.6 Å². The first-order valence-electron chi connectivity index (χ1n) is 5.06. The van der Waals surface area contributed by atoms with Gasteiger partial charge in [0, 0.05) is 18.9 Å². The maximum Gasteiger partial charge on any atom is 0.142 e. The third kappa shape index (κ3) is 4.79. The number of hydrogen-bond donors (Lipinski definition) is 0. The Morgan fingerprint density at radius 3 is 2.81 bits per heavy atom. The fourth-order valence-corrected chi connectivity index (χ4v) is 1.32. The Hall–Kier alpha value is -0.840. The van der Waals surface area contributed by atoms with E-state index in [9.17, 15) is 0 Å². The number of halogens is 1. The summed E-state index contributed by atoms with van der Waals surface area (Å²) in [4.78, 5) is 3.98. The zero-order valence-corrected chi connectivity index (χ0v) is 10.1. The van der Waals surface area contributed by atoms with Crippen molar-refractivity contribution in [2.45, 2.75) is 5.88 Å². The number of alkyl halides is 1. The Bertz CT molecular complexity index is 296. The van der Waals surface area contributed by atoms with Gasteiger partial charge in [-0.15, -0.1) is 11.6 Å². The summed E-state index contributed by atoms with van der Waals surface area (Å²) in [5.41, 5.74) is 0.938. The lowest BCUT2D eigenvalue weighted by Gasteiger charge is -2.09. The van der Waals surface area contributed by atoms with E-state index in [1.165, 1.54) is 0 Å². The minimum absolute atomic E-state index is 0.419. The molecule has 0 aromatic carbocycles. The van der Waals surface area contributed by atoms with Crippen LogP contribution in [0.4, 0.5) is 0 Å². The molecule has 0 atom stereocenters. The molecule has 0 saturated carbocycles. The Morgan fingerprint density at radius 1 is 1.25 bits per heavy atom. The molecule has 0 radical (unpaired) electrons. The first-order chi connectivity index (χ1) is 7.88. The summed E-state index contributed by atoms with van der Waals surface area (Å²) in [6.45, 7) is 2.19. The highest BCUT2D eigenvalue weighted by atomic mass is 35.5. The lowest BCUT2D eigenvalue weighted by Crippen LogP contribution is -2.10. The number of ether oxygens (including phenoxy) is 3. The Kier molecular flexibility index (Phi) is 6.88. The van der Waals surface area contributed by atoms with Crippen molar-refractivity contribution in [3.63, 3.8) is 0 Å². The van der Waals surface area contributed by atoms with Gasteiger partial charge in [0.2, 0.25) is 0 Å². The van der Waals surface area contributed by atoms with Crippen molar-refractivity contribution in [1.29, 1.82) is 0 Å². The van der Waals surface area contributed by atoms with Crippen LogP contribution in [0.3, 0.4) is 0 Å². The topological polar surface area (TPSA) is 40.6 Å². The second-order valence-corrected chi connectivity index (χ2v) is 3.34. The Balaban J connectivity index is 2.21. The van der Waals surface area contributed by atoms with E-state index in [2.05, 4.69) is 4.98 Å². The molecule has 0 N–H and O–H groups in total. The average molecular weight is 246 g/mol. The molecule has 16 heavy (non-hydrogen) atoms. The van der Waals surface area contributed by atoms with Crippen molar-refractivity contribution in [2.24, 2.45) is 0 Å². The number of hydrogen-bond acceptors (Lipinski definition) is 4. The van der Waals surface area contributed by atoms with Crippen molar-refractivity contribution in [3.05, 3.63) is 24.0 Å². The summed E-state index contributed by atoms with van der Waals surface area (Å²) < 4.78 is 15.6. The van der Waals surface area contributed by atoms with Crippen LogP contribution in [0.1, 0.15) is 5.56 Å². The van der Waals surface area contributed by atoms with Gasteiger partial charge in [0.05, 0.1) is 31.9 Å². The van der Waals surface area contributed by atoms with E-state index in [1.54, 1.807) is 19.5 Å². The number of nitrogens with zero attached hydrogens (tertiary/aromatic N) is 1. The molecular weight excluding hydrogens is 230 g/mol. The fraction of sp³-hybridized carbons (Fsp3) is 0.545. The Morgan fingerprint density at radius 2 is 2.06 bits per heavy atom. The number of pyridine rings is 1. The van der Waals surface area contributed by atoms with Crippen LogP contribution in [-0.2, 0) is 15.4 Å². The van der Waals surface area contributed by atoms with Crippen molar-refractivity contribution in [3.8, 4) is 5.75 Å². The first kappa shape index (κ1) is 13.2. The van der Waals surface area contributed by atoms with E-state index in [4.69, 9.17) is 25.8 Å². The van der Waals surface area contributed by atoms with E-state index in [1.807, 2.05) is 6.07 Å². The minimum Gasteiger partial charge on any atom is -0.489 e. The number of methoxy groups -OCH3 is 1. The van der Waals surface area contributed by atoms with Gasteiger partial charge in [0.25, 0.3) is 0 Å². The summed E-state index contributed by atoms with van der Waals surface area (Å²) in [7, 11) is 1.64. The van der Waals surface area contributed by atoms with Gasteiger partial charge in [-0.25, -0.2) is 0 Å². The number of rotatable bonds is 8. The minimum atomic E-state index is 0.419. The highest BCUT2D eigenvalue weighted by Crippen LogP contribution is 2.17. The van der Waals surface area contributed by atoms with E-state index >= 15 is 0 Å². The van der Waals surface area contributed by atoms with Gasteiger partial charge in [-0.05, 0) is 6.07 Å². The van der Waals surface area contributed by atoms with Gasteiger partial charge in [-0.2, -0.15) is 0 Å². The summed E-state index contributed by atoms with van der Waals surface area (Å²) in [6.07, 6.45) is 3.35. The number of aromatic nitrogens is 1. The fourth-order valence-electron chi connectivity index (χ4n) is 1.10. The molecule has 1 aromatic heterocycles. The molecule has 4 nitrogen and oxygen atoms in total. The van der Waals surface area contributed by atoms with Crippen LogP contribution in [0.5, 0.6) is 5.75 Å². The second kappa shape index (κ2) is 8.33. The van der Waals surface area contributed by atoms with Gasteiger partial charge in [0.1, 0.15) is 12.4 Å². The molecule has 0 bridgehead atoms. The van der Waals surface area contributed by atoms with Crippen molar-refractivity contribution in [2.75, 3.05) is 33.5 Å². The van der Waals surface area contributed by atoms with Gasteiger partial charge in [0.15, 0.2) is 0 Å². The van der Waals surface area contributed by atoms with E-state index in [0.717, 1.165) is 5.56 Å². The molecule has 0 unspecified atom stereocenters. The zero-order chi connectivity index (χ0) is 11.6. The van der Waals surface area contributed by atoms with Crippen LogP contribution in [0.15, 0.2) is 18.5 Å². The molecule has 0 aliphatic carbocycles. The summed E-state index contributed by atoms with van der Waals surface area (Å²) in [5, 5.41) is 0. The molecule has 0 spiro atoms. The average Bonchev–Trinajstić information content (AvgIpc) is 2.34. The monoisotopic (exact) mass is 245 g/mol. The van der Waals surface area contributed by atoms with Gasteiger partial charge in [-0.3, -0.25) is 4.98 Å². The van der Waals surface area contributed by atoms with Crippen molar-refractivity contribution < 1.29 is 14.2 Å². The van der Waals surface area contributed by atoms with Crippen molar-refractivity contribution in [1.82, 2.24) is 4.98 Å². The summed E-state index contributed by atoms with van der Waals surface area (Å²) >= 11 is 5.76. The lowest BCUT2D eigenvalue weighted by molar-refractivity contribution is 0.0542. The molecule has 90 valence electrons. The highest BCUT2D eigenvalue weighted by Gasteiger charge is 2.01. The zero-order valence-electron chi connectivity index (χ0n) is 9.32. The normalized spacial score (nSPS) is 10.4. The maximum atomic E-state index is 5.76. The van der Waals surface area contributed by atoms with E-state index in [-0.39, 0.29) is 0 Å². The van der Waals surface area contributed by atoms with Crippen LogP contribution in [0.2, 0.25) is 0 Å². The third-order valence-electron chi connectivity index (χ3n) is 1.93. The summed E-state index contributed by atoms with van der Waals surface area (Å²) in [6, 6.07) is 1.84. The molecule has 1 heterocycles. The lowest BCUT2D eigenvalue weighted by atomic mass is 10.3. The van der Waals surface area contributed by atoms with Crippen LogP contribution in [0, 0.1) is 0 Å². The highest BCUT2D eigenvalue weighted by molar-refractivity contribution is 6.17. The molecule has 0 aliphatic rings. The van der Waals surface area contributed by atoms with Crippen LogP contribution < -0.4 is 4.74 Å². The maximum absolute atomic E-state index is 5.76. The largest absolute Gasteiger partial charge is 0.489 e. The standard InChI is InChI=1S/C11H16ClNO3/c1-14-4-5-15-6-7-16-11-9-13-3-2-10(11)8-12/h2-3,9H,4-8H2,1H3. The summed E-state index contributed by atoms with van der Waals surface area (Å²) in [5.74, 6) is 1.13. The molecule has 1 aromatic rings. The van der Waals surface area contributed by atoms with Crippen LogP contribution in [0.25, 0.3) is 0 Å². The molecule has 0 aliphatic heterocycles. The van der Waals surface area contributed by atoms with E-state index in [0.29, 0.717) is 38.1 Å². The van der Waals surface area contributed by atoms with Crippen LogP contribution in [-0.4, -0.2) is 38.5 Å². The molecule has 0 saturated heterocycles. The molecule has 0 fully saturated rings. The van der Waals surface area contributed by atoms with Gasteiger partial charge >= 0.3 is 0 Å². The molecule has 0 amide bonds. The van der Waals surface area contributed by atoms with E-state index < -0.39 is 0 Å². The smallest absolute Gasteiger partial charge is 0.142 e. The predicted molar refractivity (Wildman–Crippen MR) is 62.0 cm³/mol. The molecular formula is C11H16ClNO3. The molecule has 5 heteroatoms. The van der Waals surface area contributed by atoms with Gasteiger partial charge in [-0.1, -0.05) is 0 Å². The third-order valence-corrected chi connectivity index (χ3v) is 2.22. The first-order valence-corrected chi connectivity index (χ1v) is 5.60. The van der Waals surface area contributed by atoms with Crippen LogP contribution >= 0.6 is 11.6 Å². The SMILES string of the molecule is COCCOCCOc1cnccc1CCl.